The smallest absolute Gasteiger partial charge is 0.251 e. The topological polar surface area (TPSA) is 87.3 Å². The Balaban J connectivity index is 3.25. The van der Waals surface area contributed by atoms with Gasteiger partial charge in [-0.1, -0.05) is 0 Å². The lowest BCUT2D eigenvalue weighted by Crippen LogP contribution is -2.28. The average molecular weight is 294 g/mol. The summed E-state index contributed by atoms with van der Waals surface area (Å²) < 4.78 is 22.1. The fourth-order valence-electron chi connectivity index (χ4n) is 1.66. The van der Waals surface area contributed by atoms with Crippen molar-refractivity contribution >= 4 is 17.7 Å². The lowest BCUT2D eigenvalue weighted by molar-refractivity contribution is 0.0955. The molecule has 0 unspecified atom stereocenters. The first-order valence-electron chi connectivity index (χ1n) is 8.17. The summed E-state index contributed by atoms with van der Waals surface area (Å²) in [4.78, 5) is 36.2. The van der Waals surface area contributed by atoms with Gasteiger partial charge in [0.25, 0.3) is 17.7 Å². The molecule has 0 fully saturated rings. The minimum Gasteiger partial charge on any atom is -0.352 e. The van der Waals surface area contributed by atoms with Crippen molar-refractivity contribution < 1.29 is 18.5 Å². The summed E-state index contributed by atoms with van der Waals surface area (Å²) in [5, 5.41) is 7.09. The van der Waals surface area contributed by atoms with Crippen molar-refractivity contribution in [2.75, 3.05) is 19.6 Å². The quantitative estimate of drug-likeness (QED) is 0.729. The van der Waals surface area contributed by atoms with Crippen molar-refractivity contribution in [3.63, 3.8) is 0 Å². The van der Waals surface area contributed by atoms with Gasteiger partial charge in [0.2, 0.25) is 0 Å². The highest BCUT2D eigenvalue weighted by Crippen LogP contribution is 2.11. The highest BCUT2D eigenvalue weighted by atomic mass is 16.2. The Bertz CT molecular complexity index is 536. The van der Waals surface area contributed by atoms with E-state index >= 15 is 0 Å². The SMILES string of the molecule is [2H][C@@H](C)NC(=O)c1cc(C(=O)N[C@@H]([2H])C)cc(C(=O)N[C@@H]([2H])C)c1. The number of nitrogens with one attached hydrogen (secondary N) is 3. The van der Waals surface area contributed by atoms with Gasteiger partial charge < -0.3 is 16.0 Å². The minimum absolute atomic E-state index is 0.0437. The molecule has 0 saturated carbocycles. The molecule has 0 heterocycles. The van der Waals surface area contributed by atoms with Crippen molar-refractivity contribution in [2.45, 2.75) is 20.8 Å². The standard InChI is InChI=1S/C15H21N3O3/c1-4-16-13(19)10-7-11(14(20)17-5-2)9-12(8-10)15(21)18-6-3/h7-9H,4-6H2,1-3H3,(H,16,19)(H,17,20)(H,18,21)/i4D,5D,6D/t4-,5-,6-/m0/s1. The largest absolute Gasteiger partial charge is 0.352 e. The van der Waals surface area contributed by atoms with Crippen molar-refractivity contribution in [3.05, 3.63) is 34.9 Å². The predicted molar refractivity (Wildman–Crippen MR) is 80.5 cm³/mol. The monoisotopic (exact) mass is 294 g/mol. The van der Waals surface area contributed by atoms with E-state index in [2.05, 4.69) is 16.0 Å². The van der Waals surface area contributed by atoms with Gasteiger partial charge in [0.1, 0.15) is 0 Å². The molecule has 0 aliphatic rings. The van der Waals surface area contributed by atoms with Crippen LogP contribution in [0.3, 0.4) is 0 Å². The van der Waals surface area contributed by atoms with E-state index in [9.17, 15) is 14.4 Å². The van der Waals surface area contributed by atoms with E-state index < -0.39 is 37.3 Å². The molecule has 6 heteroatoms. The zero-order chi connectivity index (χ0) is 18.4. The van der Waals surface area contributed by atoms with E-state index in [4.69, 9.17) is 4.11 Å². The fourth-order valence-corrected chi connectivity index (χ4v) is 1.66. The first kappa shape index (κ1) is 12.4. The van der Waals surface area contributed by atoms with Gasteiger partial charge in [0, 0.05) is 40.4 Å². The Morgan fingerprint density at radius 3 is 1.19 bits per heavy atom. The molecule has 3 atom stereocenters. The molecule has 1 rings (SSSR count). The van der Waals surface area contributed by atoms with Crippen LogP contribution in [-0.2, 0) is 0 Å². The third kappa shape index (κ3) is 4.59. The van der Waals surface area contributed by atoms with Crippen LogP contribution in [0.2, 0.25) is 0 Å². The van der Waals surface area contributed by atoms with Crippen LogP contribution in [0, 0.1) is 0 Å². The zero-order valence-corrected chi connectivity index (χ0v) is 12.2. The lowest BCUT2D eigenvalue weighted by atomic mass is 10.0. The van der Waals surface area contributed by atoms with Crippen LogP contribution in [0.1, 0.15) is 56.0 Å². The van der Waals surface area contributed by atoms with Crippen LogP contribution in [0.15, 0.2) is 18.2 Å². The molecule has 0 aliphatic carbocycles. The Morgan fingerprint density at radius 2 is 1.00 bits per heavy atom. The van der Waals surface area contributed by atoms with Crippen molar-refractivity contribution in [1.82, 2.24) is 16.0 Å². The summed E-state index contributed by atoms with van der Waals surface area (Å²) in [6.45, 7) is 1.83. The number of rotatable bonds is 6. The number of amides is 3. The summed E-state index contributed by atoms with van der Waals surface area (Å²) in [5.41, 5.74) is 0.131. The van der Waals surface area contributed by atoms with Gasteiger partial charge in [-0.25, -0.2) is 0 Å². The second-order valence-corrected chi connectivity index (χ2v) is 4.09. The fraction of sp³-hybridized carbons (Fsp3) is 0.400. The van der Waals surface area contributed by atoms with Gasteiger partial charge in [-0.3, -0.25) is 14.4 Å². The van der Waals surface area contributed by atoms with Crippen LogP contribution in [-0.4, -0.2) is 37.3 Å². The summed E-state index contributed by atoms with van der Waals surface area (Å²) in [6.07, 6.45) is 0. The number of hydrogen-bond donors (Lipinski definition) is 3. The number of benzene rings is 1. The third-order valence-corrected chi connectivity index (χ3v) is 2.55. The van der Waals surface area contributed by atoms with Gasteiger partial charge in [0.05, 0.1) is 0 Å². The van der Waals surface area contributed by atoms with Crippen molar-refractivity contribution in [1.29, 1.82) is 0 Å². The van der Waals surface area contributed by atoms with Crippen molar-refractivity contribution in [3.8, 4) is 0 Å². The molecule has 114 valence electrons. The Labute approximate surface area is 128 Å². The molecular formula is C15H21N3O3. The van der Waals surface area contributed by atoms with E-state index in [1.165, 1.54) is 39.0 Å². The molecule has 3 amide bonds. The first-order valence-corrected chi connectivity index (χ1v) is 6.44. The molecule has 0 radical (unpaired) electrons. The Morgan fingerprint density at radius 1 is 0.762 bits per heavy atom. The highest BCUT2D eigenvalue weighted by molar-refractivity contribution is 6.04. The normalized spacial score (nSPS) is 16.4. The van der Waals surface area contributed by atoms with Gasteiger partial charge in [0.15, 0.2) is 0 Å². The van der Waals surface area contributed by atoms with Gasteiger partial charge in [-0.15, -0.1) is 0 Å². The van der Waals surface area contributed by atoms with Gasteiger partial charge in [-0.05, 0) is 39.0 Å². The second kappa shape index (κ2) is 8.04. The average Bonchev–Trinajstić information content (AvgIpc) is 2.44. The van der Waals surface area contributed by atoms with Crippen molar-refractivity contribution in [2.24, 2.45) is 0 Å². The maximum atomic E-state index is 12.1. The molecule has 6 nitrogen and oxygen atoms in total. The van der Waals surface area contributed by atoms with Crippen LogP contribution in [0.5, 0.6) is 0 Å². The number of carbonyl (C=O) groups is 3. The summed E-state index contributed by atoms with van der Waals surface area (Å²) >= 11 is 0. The molecule has 0 spiro atoms. The molecule has 0 aliphatic heterocycles. The van der Waals surface area contributed by atoms with Crippen LogP contribution in [0.25, 0.3) is 0 Å². The maximum absolute atomic E-state index is 12.1. The first-order chi connectivity index (χ1) is 11.1. The summed E-state index contributed by atoms with van der Waals surface area (Å²) in [5.74, 6) is -1.79. The second-order valence-electron chi connectivity index (χ2n) is 4.09. The summed E-state index contributed by atoms with van der Waals surface area (Å²) in [6, 6.07) is 3.86. The lowest BCUT2D eigenvalue weighted by Gasteiger charge is -2.09. The molecule has 21 heavy (non-hydrogen) atoms. The molecule has 0 bridgehead atoms. The molecule has 1 aromatic carbocycles. The highest BCUT2D eigenvalue weighted by Gasteiger charge is 2.15. The molecule has 0 saturated heterocycles. The van der Waals surface area contributed by atoms with E-state index in [0.717, 1.165) is 0 Å². The Hall–Kier alpha value is -2.37. The number of carbonyl (C=O) groups excluding carboxylic acids is 3. The molecule has 1 aromatic rings. The van der Waals surface area contributed by atoms with E-state index in [-0.39, 0.29) is 16.7 Å². The molecule has 0 aromatic heterocycles. The predicted octanol–water partition coefficient (Wildman–Crippen LogP) is 0.936. The zero-order valence-electron chi connectivity index (χ0n) is 15.2. The van der Waals surface area contributed by atoms with Crippen LogP contribution >= 0.6 is 0 Å². The third-order valence-electron chi connectivity index (χ3n) is 2.55. The van der Waals surface area contributed by atoms with Gasteiger partial charge >= 0.3 is 0 Å². The number of hydrogen-bond acceptors (Lipinski definition) is 3. The van der Waals surface area contributed by atoms with Gasteiger partial charge in [-0.2, -0.15) is 0 Å². The van der Waals surface area contributed by atoms with E-state index in [0.29, 0.717) is 0 Å². The Kier molecular flexibility index (Phi) is 4.74. The van der Waals surface area contributed by atoms with E-state index in [1.807, 2.05) is 0 Å². The molecular weight excluding hydrogens is 270 g/mol. The molecule has 3 N–H and O–H groups in total. The van der Waals surface area contributed by atoms with Crippen LogP contribution in [0.4, 0.5) is 0 Å². The van der Waals surface area contributed by atoms with E-state index in [1.54, 1.807) is 0 Å². The maximum Gasteiger partial charge on any atom is 0.251 e. The van der Waals surface area contributed by atoms with Crippen LogP contribution < -0.4 is 16.0 Å². The summed E-state index contributed by atoms with van der Waals surface area (Å²) in [7, 11) is 0. The minimum atomic E-state index is -0.853.